The van der Waals surface area contributed by atoms with Gasteiger partial charge >= 0.3 is 0 Å². The summed E-state index contributed by atoms with van der Waals surface area (Å²) in [5, 5.41) is 3.38. The van der Waals surface area contributed by atoms with Crippen LogP contribution in [0, 0.1) is 0 Å². The lowest BCUT2D eigenvalue weighted by Gasteiger charge is -2.13. The quantitative estimate of drug-likeness (QED) is 0.661. The summed E-state index contributed by atoms with van der Waals surface area (Å²) in [7, 11) is 0. The highest BCUT2D eigenvalue weighted by atomic mass is 16.5. The fraction of sp³-hybridized carbons (Fsp3) is 0.667. The topological polar surface area (TPSA) is 43.4 Å². The van der Waals surface area contributed by atoms with Crippen LogP contribution in [0.4, 0.5) is 0 Å². The molecular weight excluding hydrogens is 240 g/mol. The van der Waals surface area contributed by atoms with Crippen LogP contribution in [-0.2, 0) is 11.3 Å². The molecule has 4 nitrogen and oxygen atoms in total. The maximum absolute atomic E-state index is 5.72. The van der Waals surface area contributed by atoms with E-state index in [9.17, 15) is 0 Å². The van der Waals surface area contributed by atoms with Crippen molar-refractivity contribution in [1.82, 2.24) is 10.3 Å². The predicted octanol–water partition coefficient (Wildman–Crippen LogP) is 2.78. The third-order valence-electron chi connectivity index (χ3n) is 2.70. The first-order chi connectivity index (χ1) is 9.24. The van der Waals surface area contributed by atoms with E-state index in [-0.39, 0.29) is 0 Å². The summed E-state index contributed by atoms with van der Waals surface area (Å²) in [5.41, 5.74) is 1.14. The summed E-state index contributed by atoms with van der Waals surface area (Å²) < 4.78 is 11.2. The maximum Gasteiger partial charge on any atom is 0.142 e. The van der Waals surface area contributed by atoms with Crippen LogP contribution in [0.5, 0.6) is 5.75 Å². The Morgan fingerprint density at radius 2 is 2.11 bits per heavy atom. The molecule has 1 heterocycles. The second kappa shape index (κ2) is 9.75. The summed E-state index contributed by atoms with van der Waals surface area (Å²) in [5.74, 6) is 0.842. The molecule has 1 aromatic heterocycles. The van der Waals surface area contributed by atoms with Gasteiger partial charge in [-0.05, 0) is 12.5 Å². The Bertz CT molecular complexity index is 343. The summed E-state index contributed by atoms with van der Waals surface area (Å²) in [6.07, 6.45) is 5.83. The third kappa shape index (κ3) is 7.13. The molecule has 0 spiro atoms. The normalized spacial score (nSPS) is 10.9. The van der Waals surface area contributed by atoms with Crippen molar-refractivity contribution in [2.75, 3.05) is 19.8 Å². The molecule has 0 aliphatic rings. The Hall–Kier alpha value is -1.13. The van der Waals surface area contributed by atoms with E-state index in [0.29, 0.717) is 19.3 Å². The molecule has 0 aliphatic carbocycles. The fourth-order valence-corrected chi connectivity index (χ4v) is 1.56. The van der Waals surface area contributed by atoms with Crippen LogP contribution in [-0.4, -0.2) is 30.8 Å². The van der Waals surface area contributed by atoms with E-state index >= 15 is 0 Å². The van der Waals surface area contributed by atoms with Gasteiger partial charge in [0.1, 0.15) is 12.4 Å². The van der Waals surface area contributed by atoms with Gasteiger partial charge < -0.3 is 14.8 Å². The van der Waals surface area contributed by atoms with Crippen LogP contribution in [0.15, 0.2) is 18.5 Å². The average molecular weight is 266 g/mol. The molecule has 19 heavy (non-hydrogen) atoms. The van der Waals surface area contributed by atoms with Crippen molar-refractivity contribution < 1.29 is 9.47 Å². The molecule has 1 rings (SSSR count). The predicted molar refractivity (Wildman–Crippen MR) is 77.4 cm³/mol. The van der Waals surface area contributed by atoms with E-state index < -0.39 is 0 Å². The highest BCUT2D eigenvalue weighted by Crippen LogP contribution is 2.16. The zero-order valence-corrected chi connectivity index (χ0v) is 12.3. The number of pyridine rings is 1. The van der Waals surface area contributed by atoms with Gasteiger partial charge in [0.05, 0.1) is 12.8 Å². The fourth-order valence-electron chi connectivity index (χ4n) is 1.56. The minimum absolute atomic E-state index is 0.457. The van der Waals surface area contributed by atoms with Crippen LogP contribution in [0.2, 0.25) is 0 Å². The summed E-state index contributed by atoms with van der Waals surface area (Å²) in [4.78, 5) is 4.11. The monoisotopic (exact) mass is 266 g/mol. The number of nitrogens with one attached hydrogen (secondary N) is 1. The molecular formula is C15H26N2O2. The first-order valence-corrected chi connectivity index (χ1v) is 7.10. The Kier molecular flexibility index (Phi) is 8.18. The van der Waals surface area contributed by atoms with Gasteiger partial charge in [-0.2, -0.15) is 0 Å². The summed E-state index contributed by atoms with van der Waals surface area (Å²) in [6, 6.07) is 2.45. The number of aromatic nitrogens is 1. The zero-order valence-electron chi connectivity index (χ0n) is 12.3. The average Bonchev–Trinajstić information content (AvgIpc) is 2.41. The molecule has 0 fully saturated rings. The number of unbranched alkanes of at least 4 members (excludes halogenated alkanes) is 1. The van der Waals surface area contributed by atoms with Crippen molar-refractivity contribution in [2.24, 2.45) is 0 Å². The number of hydrogen-bond acceptors (Lipinski definition) is 4. The molecule has 0 saturated carbocycles. The molecule has 0 saturated heterocycles. The van der Waals surface area contributed by atoms with Crippen molar-refractivity contribution >= 4 is 0 Å². The molecule has 0 aliphatic heterocycles. The van der Waals surface area contributed by atoms with Crippen molar-refractivity contribution in [2.45, 2.75) is 46.2 Å². The van der Waals surface area contributed by atoms with Gasteiger partial charge in [0.2, 0.25) is 0 Å². The maximum atomic E-state index is 5.72. The first kappa shape index (κ1) is 15.9. The molecule has 0 bridgehead atoms. The highest BCUT2D eigenvalue weighted by Gasteiger charge is 2.04. The van der Waals surface area contributed by atoms with Gasteiger partial charge in [0, 0.05) is 31.0 Å². The minimum atomic E-state index is 0.457. The molecule has 1 aromatic rings. The Morgan fingerprint density at radius 1 is 1.26 bits per heavy atom. The number of nitrogens with zero attached hydrogens (tertiary/aromatic N) is 1. The van der Waals surface area contributed by atoms with Gasteiger partial charge in [-0.3, -0.25) is 4.98 Å². The molecule has 1 N–H and O–H groups in total. The van der Waals surface area contributed by atoms with Crippen LogP contribution in [0.3, 0.4) is 0 Å². The summed E-state index contributed by atoms with van der Waals surface area (Å²) in [6.45, 7) is 9.23. The lowest BCUT2D eigenvalue weighted by atomic mass is 10.2. The Balaban J connectivity index is 2.31. The first-order valence-electron chi connectivity index (χ1n) is 7.10. The van der Waals surface area contributed by atoms with Gasteiger partial charge in [-0.25, -0.2) is 0 Å². The van der Waals surface area contributed by atoms with Crippen LogP contribution in [0.1, 0.15) is 39.2 Å². The highest BCUT2D eigenvalue weighted by molar-refractivity contribution is 5.29. The van der Waals surface area contributed by atoms with E-state index in [4.69, 9.17) is 9.47 Å². The number of hydrogen-bond donors (Lipinski definition) is 1. The largest absolute Gasteiger partial charge is 0.489 e. The molecule has 0 atom stereocenters. The van der Waals surface area contributed by atoms with Crippen LogP contribution >= 0.6 is 0 Å². The second-order valence-electron chi connectivity index (χ2n) is 4.83. The number of ether oxygens (including phenoxy) is 2. The van der Waals surface area contributed by atoms with E-state index in [0.717, 1.165) is 37.3 Å². The van der Waals surface area contributed by atoms with E-state index in [1.807, 2.05) is 6.07 Å². The molecule has 0 unspecified atom stereocenters. The lowest BCUT2D eigenvalue weighted by Crippen LogP contribution is -2.22. The Morgan fingerprint density at radius 3 is 2.84 bits per heavy atom. The molecule has 4 heteroatoms. The zero-order chi connectivity index (χ0) is 13.9. The third-order valence-corrected chi connectivity index (χ3v) is 2.70. The smallest absolute Gasteiger partial charge is 0.142 e. The van der Waals surface area contributed by atoms with E-state index in [2.05, 4.69) is 31.1 Å². The second-order valence-corrected chi connectivity index (χ2v) is 4.83. The van der Waals surface area contributed by atoms with Crippen molar-refractivity contribution in [3.8, 4) is 5.75 Å². The van der Waals surface area contributed by atoms with Crippen LogP contribution in [0.25, 0.3) is 0 Å². The molecule has 0 radical (unpaired) electrons. The lowest BCUT2D eigenvalue weighted by molar-refractivity contribution is 0.0975. The van der Waals surface area contributed by atoms with Gasteiger partial charge in [-0.1, -0.05) is 27.2 Å². The Labute approximate surface area is 116 Å². The van der Waals surface area contributed by atoms with Gasteiger partial charge in [-0.15, -0.1) is 0 Å². The SMILES string of the molecule is CCCCOCCOc1cnccc1CNC(C)C. The van der Waals surface area contributed by atoms with E-state index in [1.165, 1.54) is 0 Å². The van der Waals surface area contributed by atoms with Crippen LogP contribution < -0.4 is 10.1 Å². The standard InChI is InChI=1S/C15H26N2O2/c1-4-5-8-18-9-10-19-15-12-16-7-6-14(15)11-17-13(2)3/h6-7,12-13,17H,4-5,8-11H2,1-3H3. The minimum Gasteiger partial charge on any atom is -0.489 e. The molecule has 108 valence electrons. The number of rotatable bonds is 10. The van der Waals surface area contributed by atoms with Crippen molar-refractivity contribution in [1.29, 1.82) is 0 Å². The van der Waals surface area contributed by atoms with Crippen molar-refractivity contribution in [3.63, 3.8) is 0 Å². The summed E-state index contributed by atoms with van der Waals surface area (Å²) >= 11 is 0. The van der Waals surface area contributed by atoms with Gasteiger partial charge in [0.15, 0.2) is 0 Å². The molecule has 0 aromatic carbocycles. The van der Waals surface area contributed by atoms with E-state index in [1.54, 1.807) is 12.4 Å². The van der Waals surface area contributed by atoms with Gasteiger partial charge in [0.25, 0.3) is 0 Å². The van der Waals surface area contributed by atoms with Crippen molar-refractivity contribution in [3.05, 3.63) is 24.0 Å². The molecule has 0 amide bonds.